The van der Waals surface area contributed by atoms with Crippen LogP contribution in [0.4, 0.5) is 0 Å². The quantitative estimate of drug-likeness (QED) is 0.867. The van der Waals surface area contributed by atoms with Gasteiger partial charge in [-0.05, 0) is 25.9 Å². The third-order valence-electron chi connectivity index (χ3n) is 2.23. The molecular weight excluding hydrogens is 220 g/mol. The highest BCUT2D eigenvalue weighted by molar-refractivity contribution is 7.09. The molecule has 80 valence electrons. The lowest BCUT2D eigenvalue weighted by molar-refractivity contribution is 0.0225. The number of hydrogen-bond acceptors (Lipinski definition) is 4. The van der Waals surface area contributed by atoms with Crippen LogP contribution >= 0.6 is 23.7 Å². The van der Waals surface area contributed by atoms with E-state index in [-0.39, 0.29) is 12.4 Å². The first kappa shape index (κ1) is 11.9. The molecule has 1 saturated heterocycles. The Morgan fingerprint density at radius 1 is 1.50 bits per heavy atom. The predicted octanol–water partition coefficient (Wildman–Crippen LogP) is 1.83. The molecule has 2 heterocycles. The summed E-state index contributed by atoms with van der Waals surface area (Å²) in [5.74, 6) is 0. The maximum absolute atomic E-state index is 5.76. The smallest absolute Gasteiger partial charge is 0.0829 e. The van der Waals surface area contributed by atoms with Crippen LogP contribution in [0.5, 0.6) is 0 Å². The molecule has 1 N–H and O–H groups in total. The first-order valence-electron chi connectivity index (χ1n) is 4.65. The fraction of sp³-hybridized carbons (Fsp3) is 0.667. The van der Waals surface area contributed by atoms with Crippen LogP contribution in [-0.2, 0) is 11.3 Å². The van der Waals surface area contributed by atoms with E-state index in [1.807, 2.05) is 11.7 Å². The fourth-order valence-corrected chi connectivity index (χ4v) is 1.99. The van der Waals surface area contributed by atoms with Crippen molar-refractivity contribution in [3.05, 3.63) is 16.6 Å². The largest absolute Gasteiger partial charge is 0.373 e. The van der Waals surface area contributed by atoms with Crippen LogP contribution in [0.3, 0.4) is 0 Å². The van der Waals surface area contributed by atoms with Gasteiger partial charge >= 0.3 is 0 Å². The van der Waals surface area contributed by atoms with Crippen molar-refractivity contribution in [1.29, 1.82) is 0 Å². The molecule has 2 rings (SSSR count). The molecule has 0 atom stereocenters. The highest BCUT2D eigenvalue weighted by Crippen LogP contribution is 2.12. The molecule has 5 heteroatoms. The van der Waals surface area contributed by atoms with E-state index in [0.29, 0.717) is 6.10 Å². The molecule has 1 aromatic rings. The normalized spacial score (nSPS) is 17.7. The van der Waals surface area contributed by atoms with E-state index in [1.165, 1.54) is 4.88 Å². The van der Waals surface area contributed by atoms with E-state index in [1.54, 1.807) is 11.3 Å². The van der Waals surface area contributed by atoms with Crippen LogP contribution in [-0.4, -0.2) is 24.2 Å². The van der Waals surface area contributed by atoms with Crippen molar-refractivity contribution >= 4 is 23.7 Å². The predicted molar refractivity (Wildman–Crippen MR) is 60.0 cm³/mol. The summed E-state index contributed by atoms with van der Waals surface area (Å²) in [7, 11) is 0. The fourth-order valence-electron chi connectivity index (χ4n) is 1.48. The van der Waals surface area contributed by atoms with Gasteiger partial charge in [-0.2, -0.15) is 0 Å². The Morgan fingerprint density at radius 3 is 2.93 bits per heavy atom. The standard InChI is InChI=1S/C9H14N2OS.ClH/c1-3-10-4-2-8(1)12-6-9-5-11-7-13-9;/h5,7-8,10H,1-4,6H2;1H. The molecule has 14 heavy (non-hydrogen) atoms. The molecule has 0 aromatic carbocycles. The van der Waals surface area contributed by atoms with Gasteiger partial charge < -0.3 is 10.1 Å². The van der Waals surface area contributed by atoms with Gasteiger partial charge in [0.25, 0.3) is 0 Å². The van der Waals surface area contributed by atoms with Gasteiger partial charge in [0, 0.05) is 6.20 Å². The Bertz CT molecular complexity index is 237. The lowest BCUT2D eigenvalue weighted by atomic mass is 10.1. The van der Waals surface area contributed by atoms with E-state index >= 15 is 0 Å². The second-order valence-electron chi connectivity index (χ2n) is 3.23. The Hall–Kier alpha value is -0.160. The number of nitrogens with one attached hydrogen (secondary N) is 1. The molecule has 1 aliphatic rings. The topological polar surface area (TPSA) is 34.1 Å². The minimum atomic E-state index is 0. The van der Waals surface area contributed by atoms with Crippen LogP contribution in [0, 0.1) is 0 Å². The molecule has 0 radical (unpaired) electrons. The van der Waals surface area contributed by atoms with Crippen molar-refractivity contribution in [3.8, 4) is 0 Å². The van der Waals surface area contributed by atoms with E-state index in [2.05, 4.69) is 10.3 Å². The molecule has 1 aromatic heterocycles. The van der Waals surface area contributed by atoms with Crippen molar-refractivity contribution in [2.24, 2.45) is 0 Å². The van der Waals surface area contributed by atoms with Crippen LogP contribution in [0.2, 0.25) is 0 Å². The van der Waals surface area contributed by atoms with Crippen LogP contribution in [0.1, 0.15) is 17.7 Å². The number of thiazole rings is 1. The number of piperidine rings is 1. The first-order valence-corrected chi connectivity index (χ1v) is 5.53. The lowest BCUT2D eigenvalue weighted by Crippen LogP contribution is -2.32. The Kier molecular flexibility index (Phi) is 5.40. The van der Waals surface area contributed by atoms with E-state index in [0.717, 1.165) is 32.5 Å². The van der Waals surface area contributed by atoms with Crippen LogP contribution in [0.25, 0.3) is 0 Å². The average Bonchev–Trinajstić information content (AvgIpc) is 2.69. The Balaban J connectivity index is 0.000000980. The van der Waals surface area contributed by atoms with Gasteiger partial charge in [0.15, 0.2) is 0 Å². The van der Waals surface area contributed by atoms with Gasteiger partial charge in [0.1, 0.15) is 0 Å². The van der Waals surface area contributed by atoms with Gasteiger partial charge in [-0.25, -0.2) is 0 Å². The summed E-state index contributed by atoms with van der Waals surface area (Å²) in [5, 5.41) is 3.32. The number of ether oxygens (including phenoxy) is 1. The zero-order chi connectivity index (χ0) is 8.93. The summed E-state index contributed by atoms with van der Waals surface area (Å²) >= 11 is 1.66. The molecule has 0 saturated carbocycles. The van der Waals surface area contributed by atoms with Crippen LogP contribution in [0.15, 0.2) is 11.7 Å². The minimum absolute atomic E-state index is 0. The van der Waals surface area contributed by atoms with Crippen molar-refractivity contribution in [1.82, 2.24) is 10.3 Å². The molecule has 0 bridgehead atoms. The van der Waals surface area contributed by atoms with Gasteiger partial charge in [0.05, 0.1) is 23.1 Å². The lowest BCUT2D eigenvalue weighted by Gasteiger charge is -2.22. The van der Waals surface area contributed by atoms with E-state index in [4.69, 9.17) is 4.74 Å². The summed E-state index contributed by atoms with van der Waals surface area (Å²) in [6, 6.07) is 0. The second-order valence-corrected chi connectivity index (χ2v) is 4.20. The number of hydrogen-bond donors (Lipinski definition) is 1. The van der Waals surface area contributed by atoms with Crippen LogP contribution < -0.4 is 5.32 Å². The zero-order valence-corrected chi connectivity index (χ0v) is 9.57. The average molecular weight is 235 g/mol. The third-order valence-corrected chi connectivity index (χ3v) is 2.98. The monoisotopic (exact) mass is 234 g/mol. The number of aromatic nitrogens is 1. The summed E-state index contributed by atoms with van der Waals surface area (Å²) in [6.07, 6.45) is 4.60. The molecule has 0 aliphatic carbocycles. The minimum Gasteiger partial charge on any atom is -0.373 e. The maximum atomic E-state index is 5.76. The van der Waals surface area contributed by atoms with Crippen molar-refractivity contribution < 1.29 is 4.74 Å². The summed E-state index contributed by atoms with van der Waals surface area (Å²) in [6.45, 7) is 2.91. The van der Waals surface area contributed by atoms with Crippen molar-refractivity contribution in [2.75, 3.05) is 13.1 Å². The highest BCUT2D eigenvalue weighted by Gasteiger charge is 2.13. The van der Waals surface area contributed by atoms with Gasteiger partial charge in [-0.1, -0.05) is 0 Å². The van der Waals surface area contributed by atoms with Crippen molar-refractivity contribution in [3.63, 3.8) is 0 Å². The van der Waals surface area contributed by atoms with E-state index in [9.17, 15) is 0 Å². The molecule has 0 unspecified atom stereocenters. The molecule has 0 amide bonds. The first-order chi connectivity index (χ1) is 6.45. The Morgan fingerprint density at radius 2 is 2.29 bits per heavy atom. The Labute approximate surface area is 94.3 Å². The summed E-state index contributed by atoms with van der Waals surface area (Å²) < 4.78 is 5.76. The van der Waals surface area contributed by atoms with Crippen molar-refractivity contribution in [2.45, 2.75) is 25.6 Å². The molecular formula is C9H15ClN2OS. The second kappa shape index (κ2) is 6.35. The third kappa shape index (κ3) is 3.53. The highest BCUT2D eigenvalue weighted by atomic mass is 35.5. The summed E-state index contributed by atoms with van der Waals surface area (Å²) in [4.78, 5) is 5.23. The number of rotatable bonds is 3. The molecule has 3 nitrogen and oxygen atoms in total. The SMILES string of the molecule is Cl.c1ncc(COC2CCNCC2)s1. The number of nitrogens with zero attached hydrogens (tertiary/aromatic N) is 1. The maximum Gasteiger partial charge on any atom is 0.0829 e. The molecule has 1 aliphatic heterocycles. The molecule has 1 fully saturated rings. The van der Waals surface area contributed by atoms with Gasteiger partial charge in [0.2, 0.25) is 0 Å². The van der Waals surface area contributed by atoms with E-state index < -0.39 is 0 Å². The summed E-state index contributed by atoms with van der Waals surface area (Å²) in [5.41, 5.74) is 1.85. The zero-order valence-electron chi connectivity index (χ0n) is 7.94. The van der Waals surface area contributed by atoms with Gasteiger partial charge in [-0.15, -0.1) is 23.7 Å². The number of halogens is 1. The molecule has 0 spiro atoms. The van der Waals surface area contributed by atoms with Gasteiger partial charge in [-0.3, -0.25) is 4.98 Å².